The standard InChI is InChI=1S/C24H27FN4OS/c25-19-5-1-3-7-21(19)28-13-15-29(16-14-28)23(30)17-27-11-9-18(10-12-27)24-26-20-6-2-4-8-22(20)31-24/h1-8,18H,9-17H2. The van der Waals surface area contributed by atoms with Crippen molar-refractivity contribution in [1.29, 1.82) is 0 Å². The van der Waals surface area contributed by atoms with E-state index in [0.717, 1.165) is 31.4 Å². The second kappa shape index (κ2) is 8.93. The summed E-state index contributed by atoms with van der Waals surface area (Å²) in [6, 6.07) is 15.2. The molecule has 2 saturated heterocycles. The monoisotopic (exact) mass is 438 g/mol. The minimum absolute atomic E-state index is 0.187. The Morgan fingerprint density at radius 1 is 0.968 bits per heavy atom. The number of likely N-dealkylation sites (tertiary alicyclic amines) is 1. The highest BCUT2D eigenvalue weighted by molar-refractivity contribution is 7.18. The predicted molar refractivity (Wildman–Crippen MR) is 123 cm³/mol. The average molecular weight is 439 g/mol. The first-order valence-electron chi connectivity index (χ1n) is 11.0. The maximum absolute atomic E-state index is 14.0. The molecule has 0 atom stereocenters. The van der Waals surface area contributed by atoms with Gasteiger partial charge in [-0.1, -0.05) is 24.3 Å². The van der Waals surface area contributed by atoms with Crippen LogP contribution in [-0.4, -0.2) is 66.5 Å². The molecule has 1 amide bonds. The van der Waals surface area contributed by atoms with Crippen LogP contribution in [0.5, 0.6) is 0 Å². The lowest BCUT2D eigenvalue weighted by atomic mass is 9.97. The third-order valence-corrected chi connectivity index (χ3v) is 7.63. The van der Waals surface area contributed by atoms with Crippen LogP contribution >= 0.6 is 11.3 Å². The molecule has 2 fully saturated rings. The fourth-order valence-electron chi connectivity index (χ4n) is 4.60. The van der Waals surface area contributed by atoms with Crippen molar-refractivity contribution >= 4 is 33.1 Å². The van der Waals surface area contributed by atoms with E-state index >= 15 is 0 Å². The van der Waals surface area contributed by atoms with Crippen LogP contribution in [0.15, 0.2) is 48.5 Å². The lowest BCUT2D eigenvalue weighted by Crippen LogP contribution is -2.52. The van der Waals surface area contributed by atoms with Crippen molar-refractivity contribution in [3.63, 3.8) is 0 Å². The van der Waals surface area contributed by atoms with Gasteiger partial charge in [0.05, 0.1) is 27.5 Å². The summed E-state index contributed by atoms with van der Waals surface area (Å²) in [6.45, 7) is 4.98. The van der Waals surface area contributed by atoms with E-state index in [-0.39, 0.29) is 11.7 Å². The predicted octanol–water partition coefficient (Wildman–Crippen LogP) is 3.96. The van der Waals surface area contributed by atoms with Gasteiger partial charge in [0.2, 0.25) is 5.91 Å². The Labute approximate surface area is 186 Å². The molecule has 0 bridgehead atoms. The number of thiazole rings is 1. The Morgan fingerprint density at radius 3 is 2.42 bits per heavy atom. The summed E-state index contributed by atoms with van der Waals surface area (Å²) >= 11 is 1.80. The second-order valence-corrected chi connectivity index (χ2v) is 9.45. The third kappa shape index (κ3) is 4.43. The van der Waals surface area contributed by atoms with Crippen molar-refractivity contribution in [2.75, 3.05) is 50.7 Å². The van der Waals surface area contributed by atoms with Gasteiger partial charge in [0.15, 0.2) is 0 Å². The van der Waals surface area contributed by atoms with E-state index in [2.05, 4.69) is 23.1 Å². The largest absolute Gasteiger partial charge is 0.366 e. The van der Waals surface area contributed by atoms with E-state index in [1.807, 2.05) is 28.0 Å². The second-order valence-electron chi connectivity index (χ2n) is 8.39. The molecule has 3 heterocycles. The van der Waals surface area contributed by atoms with E-state index in [9.17, 15) is 9.18 Å². The third-order valence-electron chi connectivity index (χ3n) is 6.43. The van der Waals surface area contributed by atoms with Crippen LogP contribution in [0.2, 0.25) is 0 Å². The first-order valence-corrected chi connectivity index (χ1v) is 11.8. The molecule has 5 nitrogen and oxygen atoms in total. The SMILES string of the molecule is O=C(CN1CCC(c2nc3ccccc3s2)CC1)N1CCN(c2ccccc2F)CC1. The summed E-state index contributed by atoms with van der Waals surface area (Å²) in [5.41, 5.74) is 1.72. The van der Waals surface area contributed by atoms with Crippen molar-refractivity contribution in [3.8, 4) is 0 Å². The Morgan fingerprint density at radius 2 is 1.68 bits per heavy atom. The van der Waals surface area contributed by atoms with E-state index in [0.29, 0.717) is 44.3 Å². The zero-order chi connectivity index (χ0) is 21.2. The summed E-state index contributed by atoms with van der Waals surface area (Å²) in [7, 11) is 0. The van der Waals surface area contributed by atoms with Gasteiger partial charge in [0.1, 0.15) is 5.82 Å². The van der Waals surface area contributed by atoms with Gasteiger partial charge in [-0.3, -0.25) is 9.69 Å². The first-order chi connectivity index (χ1) is 15.2. The molecule has 0 spiro atoms. The molecule has 2 aromatic carbocycles. The molecule has 3 aromatic rings. The molecule has 0 radical (unpaired) electrons. The molecule has 2 aliphatic heterocycles. The fourth-order valence-corrected chi connectivity index (χ4v) is 5.74. The summed E-state index contributed by atoms with van der Waals surface area (Å²) in [5, 5.41) is 1.23. The number of para-hydroxylation sites is 2. The molecule has 7 heteroatoms. The number of benzene rings is 2. The molecule has 0 unspecified atom stereocenters. The van der Waals surface area contributed by atoms with Crippen molar-refractivity contribution in [2.24, 2.45) is 0 Å². The van der Waals surface area contributed by atoms with Gasteiger partial charge >= 0.3 is 0 Å². The molecule has 0 N–H and O–H groups in total. The number of rotatable bonds is 4. The van der Waals surface area contributed by atoms with Crippen LogP contribution in [0.25, 0.3) is 10.2 Å². The Bertz CT molecular complexity index is 1020. The molecule has 31 heavy (non-hydrogen) atoms. The normalized spacial score (nSPS) is 18.6. The number of amides is 1. The summed E-state index contributed by atoms with van der Waals surface area (Å²) in [5.74, 6) is 0.484. The number of nitrogens with zero attached hydrogens (tertiary/aromatic N) is 4. The smallest absolute Gasteiger partial charge is 0.236 e. The molecule has 0 saturated carbocycles. The van der Waals surface area contributed by atoms with Gasteiger partial charge in [-0.05, 0) is 50.2 Å². The van der Waals surface area contributed by atoms with E-state index in [4.69, 9.17) is 4.98 Å². The van der Waals surface area contributed by atoms with E-state index < -0.39 is 0 Å². The number of carbonyl (C=O) groups is 1. The highest BCUT2D eigenvalue weighted by Gasteiger charge is 2.27. The lowest BCUT2D eigenvalue weighted by Gasteiger charge is -2.38. The zero-order valence-corrected chi connectivity index (χ0v) is 18.4. The number of carbonyl (C=O) groups excluding carboxylic acids is 1. The number of aromatic nitrogens is 1. The molecule has 1 aromatic heterocycles. The zero-order valence-electron chi connectivity index (χ0n) is 17.5. The molecular weight excluding hydrogens is 411 g/mol. The molecule has 5 rings (SSSR count). The van der Waals surface area contributed by atoms with E-state index in [1.165, 1.54) is 15.8 Å². The Kier molecular flexibility index (Phi) is 5.87. The first kappa shape index (κ1) is 20.4. The van der Waals surface area contributed by atoms with Crippen LogP contribution < -0.4 is 4.90 Å². The molecule has 2 aliphatic rings. The average Bonchev–Trinajstić information content (AvgIpc) is 3.24. The maximum Gasteiger partial charge on any atom is 0.236 e. The number of fused-ring (bicyclic) bond motifs is 1. The minimum atomic E-state index is -0.196. The van der Waals surface area contributed by atoms with Crippen LogP contribution in [-0.2, 0) is 4.79 Å². The number of piperidine rings is 1. The lowest BCUT2D eigenvalue weighted by molar-refractivity contribution is -0.133. The van der Waals surface area contributed by atoms with Gasteiger partial charge in [0.25, 0.3) is 0 Å². The quantitative estimate of drug-likeness (QED) is 0.618. The van der Waals surface area contributed by atoms with Gasteiger partial charge in [0, 0.05) is 32.1 Å². The molecular formula is C24H27FN4OS. The van der Waals surface area contributed by atoms with Crippen molar-refractivity contribution in [1.82, 2.24) is 14.8 Å². The highest BCUT2D eigenvalue weighted by Crippen LogP contribution is 2.33. The van der Waals surface area contributed by atoms with Crippen molar-refractivity contribution < 1.29 is 9.18 Å². The van der Waals surface area contributed by atoms with Crippen LogP contribution in [0, 0.1) is 5.82 Å². The van der Waals surface area contributed by atoms with Gasteiger partial charge in [-0.2, -0.15) is 0 Å². The summed E-state index contributed by atoms with van der Waals surface area (Å²) in [4.78, 5) is 23.9. The number of halogens is 1. The number of hydrogen-bond donors (Lipinski definition) is 0. The maximum atomic E-state index is 14.0. The van der Waals surface area contributed by atoms with Gasteiger partial charge < -0.3 is 9.80 Å². The van der Waals surface area contributed by atoms with Crippen molar-refractivity contribution in [2.45, 2.75) is 18.8 Å². The Hall–Kier alpha value is -2.51. The summed E-state index contributed by atoms with van der Waals surface area (Å²) < 4.78 is 15.3. The number of anilines is 1. The van der Waals surface area contributed by atoms with E-state index in [1.54, 1.807) is 17.4 Å². The molecule has 0 aliphatic carbocycles. The van der Waals surface area contributed by atoms with Gasteiger partial charge in [-0.15, -0.1) is 11.3 Å². The van der Waals surface area contributed by atoms with Gasteiger partial charge in [-0.25, -0.2) is 9.37 Å². The molecule has 162 valence electrons. The Balaban J connectivity index is 1.11. The topological polar surface area (TPSA) is 39.7 Å². The van der Waals surface area contributed by atoms with Crippen LogP contribution in [0.4, 0.5) is 10.1 Å². The van der Waals surface area contributed by atoms with Crippen molar-refractivity contribution in [3.05, 3.63) is 59.4 Å². The van der Waals surface area contributed by atoms with Crippen LogP contribution in [0.1, 0.15) is 23.8 Å². The minimum Gasteiger partial charge on any atom is -0.366 e. The highest BCUT2D eigenvalue weighted by atomic mass is 32.1. The summed E-state index contributed by atoms with van der Waals surface area (Å²) in [6.07, 6.45) is 2.10. The number of hydrogen-bond acceptors (Lipinski definition) is 5. The fraction of sp³-hybridized carbons (Fsp3) is 0.417. The van der Waals surface area contributed by atoms with Crippen LogP contribution in [0.3, 0.4) is 0 Å². The number of piperazine rings is 1.